The maximum atomic E-state index is 15.7. The summed E-state index contributed by atoms with van der Waals surface area (Å²) in [7, 11) is -7.60. The van der Waals surface area contributed by atoms with E-state index in [9.17, 15) is 26.3 Å². The van der Waals surface area contributed by atoms with Gasteiger partial charge in [0.25, 0.3) is 0 Å². The van der Waals surface area contributed by atoms with E-state index in [-0.39, 0.29) is 10.6 Å². The van der Waals surface area contributed by atoms with Gasteiger partial charge in [-0.15, -0.1) is 0 Å². The third kappa shape index (κ3) is 6.73. The van der Waals surface area contributed by atoms with E-state index in [0.717, 1.165) is 52.1 Å². The van der Waals surface area contributed by atoms with Gasteiger partial charge in [0.05, 0.1) is 22.2 Å². The fourth-order valence-corrected chi connectivity index (χ4v) is 12.6. The van der Waals surface area contributed by atoms with Crippen molar-refractivity contribution in [2.75, 3.05) is 0 Å². The molecule has 0 aliphatic heterocycles. The average Bonchev–Trinajstić information content (AvgIpc) is 3.53. The molecule has 1 heterocycles. The fourth-order valence-electron chi connectivity index (χ4n) is 7.37. The average molecular weight is 808 g/mol. The fraction of sp³-hybridized carbons (Fsp3) is 0.0870. The highest BCUT2D eigenvalue weighted by molar-refractivity contribution is 7.85. The van der Waals surface area contributed by atoms with E-state index >= 15 is 9.13 Å². The lowest BCUT2D eigenvalue weighted by Gasteiger charge is -2.21. The monoisotopic (exact) mass is 807 g/mol. The topological polar surface area (TPSA) is 39.1 Å². The first-order valence-corrected chi connectivity index (χ1v) is 21.3. The molecule has 2 unspecified atom stereocenters. The summed E-state index contributed by atoms with van der Waals surface area (Å²) in [5.74, 6) is 0. The van der Waals surface area contributed by atoms with Gasteiger partial charge in [-0.25, -0.2) is 0 Å². The lowest BCUT2D eigenvalue weighted by atomic mass is 10.1. The normalized spacial score (nSPS) is 14.4. The molecule has 8 aromatic rings. The van der Waals surface area contributed by atoms with Crippen LogP contribution in [0.4, 0.5) is 26.3 Å². The van der Waals surface area contributed by atoms with Crippen LogP contribution in [0.25, 0.3) is 27.5 Å². The highest BCUT2D eigenvalue weighted by atomic mass is 31.2. The molecule has 8 rings (SSSR count). The maximum Gasteiger partial charge on any atom is 0.416 e. The Bertz CT molecular complexity index is 2690. The van der Waals surface area contributed by atoms with Crippen LogP contribution >= 0.6 is 14.3 Å². The SMILES string of the molecule is Cc1ccc(P(=O)(c2ccc(C(F)(F)F)cc2)c2ccc3c(c2)c2cc(P(=O)(c4ccc(C)cc4)c4ccc(C(F)(F)F)cc4)ccc2n3-c2ccccc2)cc1. The zero-order valence-corrected chi connectivity index (χ0v) is 32.3. The highest BCUT2D eigenvalue weighted by Crippen LogP contribution is 2.47. The number of benzene rings is 7. The molecule has 0 fully saturated rings. The van der Waals surface area contributed by atoms with Gasteiger partial charge in [0, 0.05) is 48.3 Å². The molecule has 2 atom stereocenters. The zero-order chi connectivity index (χ0) is 40.3. The van der Waals surface area contributed by atoms with Crippen LogP contribution in [-0.4, -0.2) is 4.57 Å². The first-order valence-electron chi connectivity index (χ1n) is 17.9. The second-order valence-electron chi connectivity index (χ2n) is 14.1. The lowest BCUT2D eigenvalue weighted by molar-refractivity contribution is -0.138. The molecular weight excluding hydrogens is 774 g/mol. The predicted molar refractivity (Wildman–Crippen MR) is 219 cm³/mol. The summed E-state index contributed by atoms with van der Waals surface area (Å²) in [5, 5.41) is 3.33. The van der Waals surface area contributed by atoms with Gasteiger partial charge < -0.3 is 13.7 Å². The summed E-state index contributed by atoms with van der Waals surface area (Å²) in [6.07, 6.45) is -9.17. The molecule has 7 aromatic carbocycles. The third-order valence-corrected chi connectivity index (χ3v) is 16.5. The molecule has 0 aliphatic rings. The number of para-hydroxylation sites is 1. The Balaban J connectivity index is 1.41. The summed E-state index contributed by atoms with van der Waals surface area (Å²) in [4.78, 5) is 0. The minimum absolute atomic E-state index is 0.220. The van der Waals surface area contributed by atoms with Gasteiger partial charge in [0.15, 0.2) is 14.3 Å². The highest BCUT2D eigenvalue weighted by Gasteiger charge is 2.36. The van der Waals surface area contributed by atoms with Gasteiger partial charge in [0.2, 0.25) is 0 Å². The number of halogens is 6. The number of aromatic nitrogens is 1. The van der Waals surface area contributed by atoms with E-state index < -0.39 is 37.8 Å². The minimum atomic E-state index is -4.58. The van der Waals surface area contributed by atoms with Crippen LogP contribution in [0.2, 0.25) is 0 Å². The quantitative estimate of drug-likeness (QED) is 0.119. The predicted octanol–water partition coefficient (Wildman–Crippen LogP) is 10.7. The molecule has 0 saturated heterocycles. The zero-order valence-electron chi connectivity index (χ0n) is 30.5. The Morgan fingerprint density at radius 3 is 1.05 bits per heavy atom. The van der Waals surface area contributed by atoms with Crippen molar-refractivity contribution in [2.45, 2.75) is 26.2 Å². The van der Waals surface area contributed by atoms with Crippen LogP contribution in [0.15, 0.2) is 164 Å². The van der Waals surface area contributed by atoms with E-state index in [1.54, 1.807) is 48.5 Å². The summed E-state index contributed by atoms with van der Waals surface area (Å²) in [6, 6.07) is 43.2. The van der Waals surface area contributed by atoms with Crippen molar-refractivity contribution < 1.29 is 35.5 Å². The number of hydrogen-bond donors (Lipinski definition) is 0. The van der Waals surface area contributed by atoms with Crippen molar-refractivity contribution in [3.05, 3.63) is 186 Å². The van der Waals surface area contributed by atoms with Crippen molar-refractivity contribution in [1.82, 2.24) is 4.57 Å². The summed E-state index contributed by atoms with van der Waals surface area (Å²) in [6.45, 7) is 3.77. The molecule has 0 aliphatic carbocycles. The number of fused-ring (bicyclic) bond motifs is 3. The number of alkyl halides is 6. The van der Waals surface area contributed by atoms with Crippen LogP contribution in [0.5, 0.6) is 0 Å². The van der Waals surface area contributed by atoms with Crippen LogP contribution in [0.3, 0.4) is 0 Å². The van der Waals surface area contributed by atoms with Gasteiger partial charge in [-0.05, 0) is 86.6 Å². The number of rotatable bonds is 7. The molecule has 286 valence electrons. The van der Waals surface area contributed by atoms with Gasteiger partial charge >= 0.3 is 12.4 Å². The van der Waals surface area contributed by atoms with Crippen molar-refractivity contribution in [3.63, 3.8) is 0 Å². The second kappa shape index (κ2) is 14.1. The second-order valence-corrected chi connectivity index (χ2v) is 19.6. The first kappa shape index (κ1) is 38.3. The summed E-state index contributed by atoms with van der Waals surface area (Å²) < 4.78 is 115. The number of hydrogen-bond acceptors (Lipinski definition) is 2. The van der Waals surface area contributed by atoms with Crippen molar-refractivity contribution >= 4 is 67.9 Å². The molecule has 0 N–H and O–H groups in total. The Kier molecular flexibility index (Phi) is 9.46. The summed E-state index contributed by atoms with van der Waals surface area (Å²) in [5.41, 5.74) is 2.37. The number of aryl methyl sites for hydroxylation is 2. The Hall–Kier alpha value is -5.62. The number of nitrogens with zero attached hydrogens (tertiary/aromatic N) is 1. The van der Waals surface area contributed by atoms with Gasteiger partial charge in [-0.1, -0.05) is 102 Å². The Morgan fingerprint density at radius 1 is 0.404 bits per heavy atom. The molecule has 0 saturated carbocycles. The van der Waals surface area contributed by atoms with Crippen LogP contribution in [0, 0.1) is 13.8 Å². The Morgan fingerprint density at radius 2 is 0.719 bits per heavy atom. The minimum Gasteiger partial charge on any atom is -0.309 e. The smallest absolute Gasteiger partial charge is 0.309 e. The van der Waals surface area contributed by atoms with Crippen molar-refractivity contribution in [3.8, 4) is 5.69 Å². The molecule has 1 aromatic heterocycles. The van der Waals surface area contributed by atoms with Crippen LogP contribution in [0.1, 0.15) is 22.3 Å². The first-order chi connectivity index (χ1) is 27.1. The molecule has 3 nitrogen and oxygen atoms in total. The third-order valence-electron chi connectivity index (χ3n) is 10.4. The van der Waals surface area contributed by atoms with E-state index in [1.807, 2.05) is 85.1 Å². The van der Waals surface area contributed by atoms with E-state index in [0.29, 0.717) is 32.0 Å². The van der Waals surface area contributed by atoms with Gasteiger partial charge in [-0.2, -0.15) is 26.3 Å². The molecule has 0 amide bonds. The summed E-state index contributed by atoms with van der Waals surface area (Å²) >= 11 is 0. The van der Waals surface area contributed by atoms with Gasteiger partial charge in [-0.3, -0.25) is 0 Å². The molecule has 0 radical (unpaired) electrons. The lowest BCUT2D eigenvalue weighted by Crippen LogP contribution is -2.25. The standard InChI is InChI=1S/C46H33F6NO2P2/c1-30-8-16-35(17-9-30)56(54,37-20-12-32(13-21-37)45(47,48)49)39-24-26-43-41(28-39)42-29-40(25-27-44(42)53(43)34-6-4-3-5-7-34)57(55,36-18-10-31(2)11-19-36)38-22-14-33(15-23-38)46(50,51)52/h3-29H,1-2H3. The van der Waals surface area contributed by atoms with Crippen molar-refractivity contribution in [1.29, 1.82) is 0 Å². The molecule has 11 heteroatoms. The molecule has 0 spiro atoms. The molecule has 57 heavy (non-hydrogen) atoms. The van der Waals surface area contributed by atoms with Crippen LogP contribution < -0.4 is 31.8 Å². The molecule has 0 bridgehead atoms. The Labute approximate surface area is 325 Å². The van der Waals surface area contributed by atoms with E-state index in [2.05, 4.69) is 0 Å². The van der Waals surface area contributed by atoms with E-state index in [1.165, 1.54) is 24.3 Å². The van der Waals surface area contributed by atoms with E-state index in [4.69, 9.17) is 0 Å². The molecular formula is C46H33F6NO2P2. The van der Waals surface area contributed by atoms with Gasteiger partial charge in [0.1, 0.15) is 0 Å². The van der Waals surface area contributed by atoms with Crippen molar-refractivity contribution in [2.24, 2.45) is 0 Å². The van der Waals surface area contributed by atoms with Crippen LogP contribution in [-0.2, 0) is 21.5 Å². The largest absolute Gasteiger partial charge is 0.416 e. The maximum absolute atomic E-state index is 15.7.